The normalized spacial score (nSPS) is 10.5. The van der Waals surface area contributed by atoms with Gasteiger partial charge in [-0.25, -0.2) is 4.79 Å². The van der Waals surface area contributed by atoms with Crippen LogP contribution in [0.15, 0.2) is 54.7 Å². The Morgan fingerprint density at radius 2 is 2.05 bits per heavy atom. The van der Waals surface area contributed by atoms with Crippen molar-refractivity contribution in [2.24, 2.45) is 0 Å². The number of benzene rings is 1. The van der Waals surface area contributed by atoms with E-state index in [1.165, 1.54) is 0 Å². The second kappa shape index (κ2) is 7.69. The number of hydrogen-bond donors (Lipinski definition) is 2. The quantitative estimate of drug-likeness (QED) is 0.884. The second-order valence-electron chi connectivity index (χ2n) is 4.36. The number of carbonyl (C=O) groups excluding carboxylic acids is 1. The lowest BCUT2D eigenvalue weighted by Crippen LogP contribution is -2.24. The van der Waals surface area contributed by atoms with Crippen LogP contribution in [-0.2, 0) is 11.3 Å². The van der Waals surface area contributed by atoms with Gasteiger partial charge in [-0.1, -0.05) is 36.4 Å². The Hall–Kier alpha value is -2.82. The zero-order chi connectivity index (χ0) is 14.9. The first-order valence-electron chi connectivity index (χ1n) is 6.56. The average Bonchev–Trinajstić information content (AvgIpc) is 2.52. The fourth-order valence-corrected chi connectivity index (χ4v) is 1.61. The van der Waals surface area contributed by atoms with Crippen LogP contribution >= 0.6 is 0 Å². The van der Waals surface area contributed by atoms with Crippen LogP contribution in [0.4, 0.5) is 10.5 Å². The highest BCUT2D eigenvalue weighted by Crippen LogP contribution is 2.02. The maximum Gasteiger partial charge on any atom is 0.407 e. The first kappa shape index (κ1) is 14.6. The van der Waals surface area contributed by atoms with Crippen LogP contribution in [0.2, 0.25) is 0 Å². The molecule has 5 nitrogen and oxygen atoms in total. The molecule has 0 saturated carbocycles. The second-order valence-corrected chi connectivity index (χ2v) is 4.36. The van der Waals surface area contributed by atoms with Crippen LogP contribution in [0, 0.1) is 0 Å². The molecule has 0 spiro atoms. The first-order chi connectivity index (χ1) is 10.2. The van der Waals surface area contributed by atoms with E-state index in [0.29, 0.717) is 12.2 Å². The molecule has 0 atom stereocenters. The molecule has 0 aliphatic rings. The van der Waals surface area contributed by atoms with Crippen molar-refractivity contribution in [3.63, 3.8) is 0 Å². The number of rotatable bonds is 5. The minimum atomic E-state index is -0.450. The van der Waals surface area contributed by atoms with E-state index in [1.54, 1.807) is 30.5 Å². The Kier molecular flexibility index (Phi) is 5.34. The topological polar surface area (TPSA) is 77.2 Å². The summed E-state index contributed by atoms with van der Waals surface area (Å²) in [5.74, 6) is 0. The number of pyridine rings is 1. The smallest absolute Gasteiger partial charge is 0.407 e. The number of nitrogens with zero attached hydrogens (tertiary/aromatic N) is 1. The van der Waals surface area contributed by atoms with Crippen LogP contribution in [0.1, 0.15) is 11.3 Å². The zero-order valence-electron chi connectivity index (χ0n) is 11.5. The van der Waals surface area contributed by atoms with Crippen molar-refractivity contribution in [3.05, 3.63) is 66.0 Å². The number of aromatic nitrogens is 1. The summed E-state index contributed by atoms with van der Waals surface area (Å²) in [6.45, 7) is 0.635. The summed E-state index contributed by atoms with van der Waals surface area (Å²) in [5, 5.41) is 2.63. The van der Waals surface area contributed by atoms with Gasteiger partial charge in [0.15, 0.2) is 0 Å². The van der Waals surface area contributed by atoms with Gasteiger partial charge < -0.3 is 15.8 Å². The summed E-state index contributed by atoms with van der Waals surface area (Å²) in [6.07, 6.45) is 4.73. The standard InChI is InChI=1S/C16H17N3O2/c17-14-8-9-15(19-11-14)7-4-10-18-16(20)21-12-13-5-2-1-3-6-13/h1-9,11H,10,12,17H2,(H,18,20). The molecule has 21 heavy (non-hydrogen) atoms. The first-order valence-corrected chi connectivity index (χ1v) is 6.56. The Morgan fingerprint density at radius 1 is 1.24 bits per heavy atom. The highest BCUT2D eigenvalue weighted by atomic mass is 16.5. The maximum atomic E-state index is 11.5. The van der Waals surface area contributed by atoms with E-state index >= 15 is 0 Å². The number of alkyl carbamates (subject to hydrolysis) is 1. The number of ether oxygens (including phenoxy) is 1. The molecule has 3 N–H and O–H groups in total. The molecule has 108 valence electrons. The predicted octanol–water partition coefficient (Wildman–Crippen LogP) is 2.60. The van der Waals surface area contributed by atoms with Crippen molar-refractivity contribution in [2.45, 2.75) is 6.61 Å². The van der Waals surface area contributed by atoms with E-state index in [9.17, 15) is 4.79 Å². The molecule has 0 bridgehead atoms. The average molecular weight is 283 g/mol. The van der Waals surface area contributed by atoms with E-state index in [-0.39, 0.29) is 6.61 Å². The van der Waals surface area contributed by atoms with Crippen LogP contribution < -0.4 is 11.1 Å². The number of anilines is 1. The molecular weight excluding hydrogens is 266 g/mol. The van der Waals surface area contributed by atoms with Gasteiger partial charge in [0.05, 0.1) is 17.6 Å². The van der Waals surface area contributed by atoms with Crippen LogP contribution in [0.5, 0.6) is 0 Å². The summed E-state index contributed by atoms with van der Waals surface area (Å²) in [5.41, 5.74) is 7.90. The molecule has 1 aromatic heterocycles. The highest BCUT2D eigenvalue weighted by molar-refractivity contribution is 5.67. The van der Waals surface area contributed by atoms with Crippen LogP contribution in [0.25, 0.3) is 6.08 Å². The number of nitrogen functional groups attached to an aromatic ring is 1. The van der Waals surface area contributed by atoms with Crippen molar-refractivity contribution in [2.75, 3.05) is 12.3 Å². The minimum absolute atomic E-state index is 0.260. The van der Waals surface area contributed by atoms with E-state index in [2.05, 4.69) is 10.3 Å². The Labute approximate surface area is 123 Å². The summed E-state index contributed by atoms with van der Waals surface area (Å²) < 4.78 is 5.08. The van der Waals surface area contributed by atoms with Gasteiger partial charge in [0, 0.05) is 6.54 Å². The van der Waals surface area contributed by atoms with Gasteiger partial charge in [0.1, 0.15) is 6.61 Å². The van der Waals surface area contributed by atoms with Gasteiger partial charge in [-0.15, -0.1) is 0 Å². The maximum absolute atomic E-state index is 11.5. The van der Waals surface area contributed by atoms with Gasteiger partial charge in [-0.2, -0.15) is 0 Å². The van der Waals surface area contributed by atoms with Crippen molar-refractivity contribution in [1.29, 1.82) is 0 Å². The van der Waals surface area contributed by atoms with Crippen LogP contribution in [-0.4, -0.2) is 17.6 Å². The van der Waals surface area contributed by atoms with Crippen molar-refractivity contribution in [1.82, 2.24) is 10.3 Å². The Balaban J connectivity index is 1.68. The molecule has 5 heteroatoms. The molecule has 0 radical (unpaired) electrons. The lowest BCUT2D eigenvalue weighted by molar-refractivity contribution is 0.141. The largest absolute Gasteiger partial charge is 0.445 e. The van der Waals surface area contributed by atoms with E-state index in [0.717, 1.165) is 11.3 Å². The van der Waals surface area contributed by atoms with Gasteiger partial charge in [0.25, 0.3) is 0 Å². The SMILES string of the molecule is Nc1ccc(C=CCNC(=O)OCc2ccccc2)nc1. The molecular formula is C16H17N3O2. The van der Waals surface area contributed by atoms with Crippen molar-refractivity contribution < 1.29 is 9.53 Å². The monoisotopic (exact) mass is 283 g/mol. The molecule has 1 amide bonds. The molecule has 2 aromatic rings. The molecule has 0 unspecified atom stereocenters. The fourth-order valence-electron chi connectivity index (χ4n) is 1.61. The predicted molar refractivity (Wildman–Crippen MR) is 82.3 cm³/mol. The van der Waals surface area contributed by atoms with Crippen molar-refractivity contribution >= 4 is 17.9 Å². The molecule has 0 saturated heterocycles. The number of nitrogens with one attached hydrogen (secondary N) is 1. The van der Waals surface area contributed by atoms with Gasteiger partial charge in [-0.05, 0) is 23.8 Å². The number of hydrogen-bond acceptors (Lipinski definition) is 4. The third-order valence-corrected chi connectivity index (χ3v) is 2.67. The molecule has 0 aliphatic carbocycles. The fraction of sp³-hybridized carbons (Fsp3) is 0.125. The summed E-state index contributed by atoms with van der Waals surface area (Å²) in [7, 11) is 0. The van der Waals surface area contributed by atoms with Crippen molar-refractivity contribution in [3.8, 4) is 0 Å². The molecule has 0 fully saturated rings. The third-order valence-electron chi connectivity index (χ3n) is 2.67. The van der Waals surface area contributed by atoms with Gasteiger partial charge >= 0.3 is 6.09 Å². The number of amides is 1. The zero-order valence-corrected chi connectivity index (χ0v) is 11.5. The summed E-state index contributed by atoms with van der Waals surface area (Å²) in [4.78, 5) is 15.6. The van der Waals surface area contributed by atoms with Gasteiger partial charge in [0.2, 0.25) is 0 Å². The summed E-state index contributed by atoms with van der Waals surface area (Å²) in [6, 6.07) is 13.1. The van der Waals surface area contributed by atoms with Gasteiger partial charge in [-0.3, -0.25) is 4.98 Å². The molecule has 1 heterocycles. The lowest BCUT2D eigenvalue weighted by atomic mass is 10.2. The van der Waals surface area contributed by atoms with E-state index in [4.69, 9.17) is 10.5 Å². The van der Waals surface area contributed by atoms with E-state index < -0.39 is 6.09 Å². The van der Waals surface area contributed by atoms with Crippen LogP contribution in [0.3, 0.4) is 0 Å². The highest BCUT2D eigenvalue weighted by Gasteiger charge is 2.00. The van der Waals surface area contributed by atoms with E-state index in [1.807, 2.05) is 30.3 Å². The Morgan fingerprint density at radius 3 is 2.76 bits per heavy atom. The minimum Gasteiger partial charge on any atom is -0.445 e. The Bertz CT molecular complexity index is 595. The number of nitrogens with two attached hydrogens (primary N) is 1. The summed E-state index contributed by atoms with van der Waals surface area (Å²) >= 11 is 0. The third kappa shape index (κ3) is 5.36. The molecule has 1 aromatic carbocycles. The molecule has 0 aliphatic heterocycles. The lowest BCUT2D eigenvalue weighted by Gasteiger charge is -2.05. The molecule has 2 rings (SSSR count). The number of carbonyl (C=O) groups is 1.